The van der Waals surface area contributed by atoms with Gasteiger partial charge in [-0.05, 0) is 26.8 Å². The minimum atomic E-state index is -0.922. The monoisotopic (exact) mass is 337 g/mol. The number of amides is 1. The number of fused-ring (bicyclic) bond motifs is 1. The van der Waals surface area contributed by atoms with Crippen molar-refractivity contribution >= 4 is 18.1 Å². The van der Waals surface area contributed by atoms with E-state index in [1.54, 1.807) is 20.8 Å². The number of methoxy groups -OCH3 is 1. The normalized spacial score (nSPS) is 13.9. The highest BCUT2D eigenvalue weighted by Crippen LogP contribution is 2.16. The third-order valence-electron chi connectivity index (χ3n) is 3.15. The quantitative estimate of drug-likeness (QED) is 0.760. The summed E-state index contributed by atoms with van der Waals surface area (Å²) in [6, 6.07) is 0. The fourth-order valence-electron chi connectivity index (χ4n) is 2.05. The number of esters is 1. The van der Waals surface area contributed by atoms with Gasteiger partial charge in [0.2, 0.25) is 5.75 Å². The van der Waals surface area contributed by atoms with E-state index in [1.165, 1.54) is 21.7 Å². The Labute approximate surface area is 138 Å². The molecule has 0 unspecified atom stereocenters. The smallest absolute Gasteiger partial charge is 0.414 e. The molecule has 24 heavy (non-hydrogen) atoms. The molecule has 1 aromatic heterocycles. The minimum absolute atomic E-state index is 0.0857. The number of ether oxygens (including phenoxy) is 2. The van der Waals surface area contributed by atoms with Crippen molar-refractivity contribution in [3.63, 3.8) is 0 Å². The van der Waals surface area contributed by atoms with Gasteiger partial charge in [0.25, 0.3) is 5.56 Å². The average molecular weight is 337 g/mol. The lowest BCUT2D eigenvalue weighted by molar-refractivity contribution is 0.0333. The molecule has 1 N–H and O–H groups in total. The first-order valence-electron chi connectivity index (χ1n) is 7.24. The van der Waals surface area contributed by atoms with E-state index in [-0.39, 0.29) is 18.9 Å². The van der Waals surface area contributed by atoms with Gasteiger partial charge in [0.15, 0.2) is 5.69 Å². The fraction of sp³-hybridized carbons (Fsp3) is 0.467. The molecular weight excluding hydrogens is 318 g/mol. The van der Waals surface area contributed by atoms with Crippen molar-refractivity contribution in [1.29, 1.82) is 0 Å². The maximum atomic E-state index is 12.2. The lowest BCUT2D eigenvalue weighted by Gasteiger charge is -2.24. The van der Waals surface area contributed by atoms with Gasteiger partial charge in [-0.3, -0.25) is 14.3 Å². The molecular formula is C15H19N3O6. The summed E-state index contributed by atoms with van der Waals surface area (Å²) in [7, 11) is 1.12. The second-order valence-electron chi connectivity index (χ2n) is 6.11. The zero-order chi connectivity index (χ0) is 18.1. The molecule has 0 aromatic carbocycles. The third kappa shape index (κ3) is 3.55. The van der Waals surface area contributed by atoms with Crippen molar-refractivity contribution in [1.82, 2.24) is 14.5 Å². The van der Waals surface area contributed by atoms with Crippen LogP contribution in [0.3, 0.4) is 0 Å². The van der Waals surface area contributed by atoms with Gasteiger partial charge in [-0.15, -0.1) is 0 Å². The number of aromatic hydroxyl groups is 1. The Morgan fingerprint density at radius 3 is 2.54 bits per heavy atom. The van der Waals surface area contributed by atoms with E-state index in [0.29, 0.717) is 0 Å². The number of carbonyl (C=O) groups is 2. The summed E-state index contributed by atoms with van der Waals surface area (Å²) in [5, 5.41) is 9.85. The molecule has 0 atom stereocenters. The maximum Gasteiger partial charge on any atom is 0.414 e. The zero-order valence-electron chi connectivity index (χ0n) is 13.9. The molecule has 9 heteroatoms. The lowest BCUT2D eigenvalue weighted by Crippen LogP contribution is -2.36. The molecule has 0 bridgehead atoms. The van der Waals surface area contributed by atoms with Crippen molar-refractivity contribution < 1.29 is 24.2 Å². The van der Waals surface area contributed by atoms with Crippen LogP contribution in [0.1, 0.15) is 37.1 Å². The number of rotatable bonds is 1. The Morgan fingerprint density at radius 2 is 1.96 bits per heavy atom. The van der Waals surface area contributed by atoms with E-state index in [1.807, 2.05) is 0 Å². The molecule has 0 saturated heterocycles. The summed E-state index contributed by atoms with van der Waals surface area (Å²) in [6.45, 7) is 5.47. The van der Waals surface area contributed by atoms with Crippen LogP contribution in [0.5, 0.6) is 5.75 Å². The molecule has 2 rings (SSSR count). The summed E-state index contributed by atoms with van der Waals surface area (Å²) in [6.07, 6.45) is 2.23. The molecule has 0 saturated carbocycles. The molecule has 0 radical (unpaired) electrons. The summed E-state index contributed by atoms with van der Waals surface area (Å²) in [5.74, 6) is -1.58. The van der Waals surface area contributed by atoms with E-state index >= 15 is 0 Å². The van der Waals surface area contributed by atoms with Crippen LogP contribution in [0.2, 0.25) is 0 Å². The van der Waals surface area contributed by atoms with Crippen molar-refractivity contribution in [2.75, 3.05) is 13.7 Å². The summed E-state index contributed by atoms with van der Waals surface area (Å²) in [5.41, 5.74) is -1.91. The van der Waals surface area contributed by atoms with Crippen molar-refractivity contribution in [2.45, 2.75) is 32.9 Å². The van der Waals surface area contributed by atoms with Crippen molar-refractivity contribution in [2.24, 2.45) is 0 Å². The highest BCUT2D eigenvalue weighted by atomic mass is 16.6. The lowest BCUT2D eigenvalue weighted by atomic mass is 10.2. The molecule has 1 amide bonds. The van der Waals surface area contributed by atoms with Crippen LogP contribution in [0.15, 0.2) is 11.0 Å². The first-order chi connectivity index (χ1) is 11.1. The first-order valence-corrected chi connectivity index (χ1v) is 7.24. The van der Waals surface area contributed by atoms with Gasteiger partial charge in [-0.1, -0.05) is 0 Å². The third-order valence-corrected chi connectivity index (χ3v) is 3.15. The molecule has 1 aliphatic rings. The maximum absolute atomic E-state index is 12.2. The van der Waals surface area contributed by atoms with Gasteiger partial charge < -0.3 is 14.6 Å². The highest BCUT2D eigenvalue weighted by Gasteiger charge is 2.25. The molecule has 0 spiro atoms. The zero-order valence-corrected chi connectivity index (χ0v) is 13.9. The largest absolute Gasteiger partial charge is 0.501 e. The fourth-order valence-corrected chi connectivity index (χ4v) is 2.05. The van der Waals surface area contributed by atoms with Gasteiger partial charge in [0, 0.05) is 19.3 Å². The molecule has 1 aliphatic heterocycles. The predicted molar refractivity (Wildman–Crippen MR) is 83.5 cm³/mol. The molecule has 0 aliphatic carbocycles. The van der Waals surface area contributed by atoms with Gasteiger partial charge in [-0.2, -0.15) is 0 Å². The second kappa shape index (κ2) is 6.34. The van der Waals surface area contributed by atoms with Gasteiger partial charge in [-0.25, -0.2) is 14.6 Å². The Hall–Kier alpha value is -2.84. The summed E-state index contributed by atoms with van der Waals surface area (Å²) in [4.78, 5) is 41.1. The van der Waals surface area contributed by atoms with Crippen LogP contribution >= 0.6 is 0 Å². The Morgan fingerprint density at radius 1 is 1.29 bits per heavy atom. The molecule has 9 nitrogen and oxygen atoms in total. The summed E-state index contributed by atoms with van der Waals surface area (Å²) < 4.78 is 10.9. The molecule has 0 fully saturated rings. The van der Waals surface area contributed by atoms with E-state index in [0.717, 1.165) is 7.11 Å². The average Bonchev–Trinajstić information content (AvgIpc) is 2.71. The topological polar surface area (TPSA) is 111 Å². The number of hydrogen-bond donors (Lipinski definition) is 1. The Kier molecular flexibility index (Phi) is 4.63. The van der Waals surface area contributed by atoms with E-state index in [9.17, 15) is 19.5 Å². The van der Waals surface area contributed by atoms with Gasteiger partial charge in [0.05, 0.1) is 7.11 Å². The number of hydrogen-bond acceptors (Lipinski definition) is 7. The van der Waals surface area contributed by atoms with E-state index in [2.05, 4.69) is 9.72 Å². The van der Waals surface area contributed by atoms with Gasteiger partial charge >= 0.3 is 12.1 Å². The molecule has 2 heterocycles. The minimum Gasteiger partial charge on any atom is -0.501 e. The standard InChI is InChI=1S/C15H19N3O6/c1-15(2,3)24-14(22)17-6-5-9-16-10(13(21)23-4)11(19)12(20)18(9)8-7-17/h5-6,19H,7-8H2,1-4H3. The number of aromatic nitrogens is 2. The summed E-state index contributed by atoms with van der Waals surface area (Å²) >= 11 is 0. The highest BCUT2D eigenvalue weighted by molar-refractivity contribution is 5.90. The SMILES string of the molecule is COC(=O)c1nc2n(c(=O)c1O)CCN(C(=O)OC(C)(C)C)C=C2. The molecule has 130 valence electrons. The van der Waals surface area contributed by atoms with Gasteiger partial charge in [0.1, 0.15) is 11.4 Å². The van der Waals surface area contributed by atoms with Crippen LogP contribution in [0.25, 0.3) is 6.08 Å². The van der Waals surface area contributed by atoms with Crippen LogP contribution in [0.4, 0.5) is 4.79 Å². The predicted octanol–water partition coefficient (Wildman–Crippen LogP) is 0.957. The van der Waals surface area contributed by atoms with Crippen molar-refractivity contribution in [3.05, 3.63) is 28.1 Å². The molecule has 1 aromatic rings. The van der Waals surface area contributed by atoms with Crippen LogP contribution in [-0.4, -0.2) is 50.9 Å². The number of carbonyl (C=O) groups excluding carboxylic acids is 2. The van der Waals surface area contributed by atoms with E-state index < -0.39 is 34.7 Å². The van der Waals surface area contributed by atoms with Crippen molar-refractivity contribution in [3.8, 4) is 5.75 Å². The second-order valence-corrected chi connectivity index (χ2v) is 6.11. The van der Waals surface area contributed by atoms with Crippen LogP contribution in [0, 0.1) is 0 Å². The van der Waals surface area contributed by atoms with E-state index in [4.69, 9.17) is 4.74 Å². The Bertz CT molecular complexity index is 760. The first kappa shape index (κ1) is 17.5. The van der Waals surface area contributed by atoms with Crippen LogP contribution in [-0.2, 0) is 16.0 Å². The Balaban J connectivity index is 2.36. The number of nitrogens with zero attached hydrogens (tertiary/aromatic N) is 3. The van der Waals surface area contributed by atoms with Crippen LogP contribution < -0.4 is 5.56 Å².